The zero-order chi connectivity index (χ0) is 19.3. The maximum absolute atomic E-state index is 13.1. The summed E-state index contributed by atoms with van der Waals surface area (Å²) in [5.41, 5.74) is -0.354. The number of anilines is 1. The molecule has 1 saturated heterocycles. The van der Waals surface area contributed by atoms with Gasteiger partial charge in [0.15, 0.2) is 0 Å². The quantitative estimate of drug-likeness (QED) is 0.828. The SMILES string of the molecule is O=C(Nc1ccccc1C(F)(F)F)NC(c1cccnc1)C1CCOCC1. The van der Waals surface area contributed by atoms with Gasteiger partial charge in [-0.3, -0.25) is 4.98 Å². The summed E-state index contributed by atoms with van der Waals surface area (Å²) in [4.78, 5) is 16.6. The number of nitrogens with one attached hydrogen (secondary N) is 2. The van der Waals surface area contributed by atoms with Crippen molar-refractivity contribution in [3.8, 4) is 0 Å². The van der Waals surface area contributed by atoms with Gasteiger partial charge in [-0.15, -0.1) is 0 Å². The van der Waals surface area contributed by atoms with Gasteiger partial charge in [-0.05, 0) is 42.5 Å². The first-order chi connectivity index (χ1) is 12.9. The third kappa shape index (κ3) is 4.97. The van der Waals surface area contributed by atoms with Gasteiger partial charge in [0.1, 0.15) is 0 Å². The molecule has 0 bridgehead atoms. The molecule has 1 aromatic carbocycles. The highest BCUT2D eigenvalue weighted by molar-refractivity contribution is 5.90. The minimum absolute atomic E-state index is 0.117. The van der Waals surface area contributed by atoms with Crippen molar-refractivity contribution in [3.05, 3.63) is 59.9 Å². The molecule has 2 heterocycles. The van der Waals surface area contributed by atoms with E-state index in [1.807, 2.05) is 6.07 Å². The van der Waals surface area contributed by atoms with Gasteiger partial charge in [0.05, 0.1) is 17.3 Å². The molecule has 3 rings (SSSR count). The highest BCUT2D eigenvalue weighted by atomic mass is 19.4. The number of halogens is 3. The average Bonchev–Trinajstić information content (AvgIpc) is 2.67. The third-order valence-corrected chi connectivity index (χ3v) is 4.55. The highest BCUT2D eigenvalue weighted by Crippen LogP contribution is 2.35. The molecule has 0 saturated carbocycles. The Bertz CT molecular complexity index is 762. The lowest BCUT2D eigenvalue weighted by molar-refractivity contribution is -0.136. The minimum atomic E-state index is -4.55. The topological polar surface area (TPSA) is 63.2 Å². The molecule has 1 aliphatic heterocycles. The standard InChI is InChI=1S/C19H20F3N3O2/c20-19(21,22)15-5-1-2-6-16(15)24-18(26)25-17(13-7-10-27-11-8-13)14-4-3-9-23-12-14/h1-6,9,12-13,17H,7-8,10-11H2,(H2,24,25,26). The van der Waals surface area contributed by atoms with Gasteiger partial charge in [0.25, 0.3) is 0 Å². The predicted octanol–water partition coefficient (Wildman–Crippen LogP) is 4.39. The van der Waals surface area contributed by atoms with E-state index in [0.29, 0.717) is 13.2 Å². The smallest absolute Gasteiger partial charge is 0.381 e. The summed E-state index contributed by atoms with van der Waals surface area (Å²) in [6.45, 7) is 1.17. The monoisotopic (exact) mass is 379 g/mol. The lowest BCUT2D eigenvalue weighted by Crippen LogP contribution is -2.38. The zero-order valence-corrected chi connectivity index (χ0v) is 14.5. The number of nitrogens with zero attached hydrogens (tertiary/aromatic N) is 1. The average molecular weight is 379 g/mol. The normalized spacial score (nSPS) is 16.6. The van der Waals surface area contributed by atoms with E-state index < -0.39 is 17.8 Å². The van der Waals surface area contributed by atoms with Crippen molar-refractivity contribution in [1.82, 2.24) is 10.3 Å². The lowest BCUT2D eigenvalue weighted by Gasteiger charge is -2.31. The molecule has 0 aliphatic carbocycles. The molecule has 1 fully saturated rings. The lowest BCUT2D eigenvalue weighted by atomic mass is 9.88. The van der Waals surface area contributed by atoms with Crippen LogP contribution in [0.15, 0.2) is 48.8 Å². The van der Waals surface area contributed by atoms with Crippen molar-refractivity contribution in [3.63, 3.8) is 0 Å². The summed E-state index contributed by atoms with van der Waals surface area (Å²) in [6.07, 6.45) is 0.236. The Morgan fingerprint density at radius 1 is 1.15 bits per heavy atom. The number of urea groups is 1. The molecular formula is C19H20F3N3O2. The molecule has 0 spiro atoms. The Balaban J connectivity index is 1.77. The maximum atomic E-state index is 13.1. The molecule has 1 aliphatic rings. The number of alkyl halides is 3. The minimum Gasteiger partial charge on any atom is -0.381 e. The molecule has 2 amide bonds. The summed E-state index contributed by atoms with van der Waals surface area (Å²) in [5.74, 6) is 0.117. The number of para-hydroxylation sites is 1. The molecule has 5 nitrogen and oxygen atoms in total. The van der Waals surface area contributed by atoms with Crippen LogP contribution < -0.4 is 10.6 Å². The molecule has 1 aromatic heterocycles. The molecule has 1 unspecified atom stereocenters. The zero-order valence-electron chi connectivity index (χ0n) is 14.5. The molecule has 27 heavy (non-hydrogen) atoms. The molecule has 2 N–H and O–H groups in total. The van der Waals surface area contributed by atoms with Gasteiger partial charge in [0.2, 0.25) is 0 Å². The van der Waals surface area contributed by atoms with Crippen molar-refractivity contribution in [2.75, 3.05) is 18.5 Å². The van der Waals surface area contributed by atoms with Crippen molar-refractivity contribution >= 4 is 11.7 Å². The Hall–Kier alpha value is -2.61. The largest absolute Gasteiger partial charge is 0.418 e. The van der Waals surface area contributed by atoms with Gasteiger partial charge in [-0.25, -0.2) is 4.79 Å². The van der Waals surface area contributed by atoms with Gasteiger partial charge < -0.3 is 15.4 Å². The van der Waals surface area contributed by atoms with E-state index in [-0.39, 0.29) is 17.6 Å². The third-order valence-electron chi connectivity index (χ3n) is 4.55. The van der Waals surface area contributed by atoms with E-state index in [4.69, 9.17) is 4.74 Å². The van der Waals surface area contributed by atoms with Crippen LogP contribution in [0.3, 0.4) is 0 Å². The first-order valence-electron chi connectivity index (χ1n) is 8.66. The summed E-state index contributed by atoms with van der Waals surface area (Å²) in [6, 6.07) is 7.46. The number of rotatable bonds is 4. The van der Waals surface area contributed by atoms with Gasteiger partial charge in [-0.2, -0.15) is 13.2 Å². The number of amides is 2. The van der Waals surface area contributed by atoms with Gasteiger partial charge in [0, 0.05) is 25.6 Å². The molecule has 1 atom stereocenters. The fraction of sp³-hybridized carbons (Fsp3) is 0.368. The number of carbonyl (C=O) groups excluding carboxylic acids is 1. The second kappa shape index (κ2) is 8.39. The van der Waals surface area contributed by atoms with Crippen LogP contribution in [-0.2, 0) is 10.9 Å². The van der Waals surface area contributed by atoms with Crippen LogP contribution in [0.5, 0.6) is 0 Å². The first kappa shape index (κ1) is 19.2. The van der Waals surface area contributed by atoms with Gasteiger partial charge >= 0.3 is 12.2 Å². The first-order valence-corrected chi connectivity index (χ1v) is 8.66. The van der Waals surface area contributed by atoms with Crippen LogP contribution >= 0.6 is 0 Å². The van der Waals surface area contributed by atoms with Crippen LogP contribution in [0.4, 0.5) is 23.7 Å². The van der Waals surface area contributed by atoms with E-state index in [2.05, 4.69) is 15.6 Å². The van der Waals surface area contributed by atoms with Crippen LogP contribution in [0.1, 0.15) is 30.0 Å². The number of aromatic nitrogens is 1. The second-order valence-corrected chi connectivity index (χ2v) is 6.36. The van der Waals surface area contributed by atoms with Crippen molar-refractivity contribution in [2.45, 2.75) is 25.1 Å². The Morgan fingerprint density at radius 3 is 2.56 bits per heavy atom. The maximum Gasteiger partial charge on any atom is 0.418 e. The van der Waals surface area contributed by atoms with Crippen LogP contribution in [0.2, 0.25) is 0 Å². The van der Waals surface area contributed by atoms with E-state index in [0.717, 1.165) is 24.5 Å². The molecule has 8 heteroatoms. The van der Waals surface area contributed by atoms with Crippen LogP contribution in [0.25, 0.3) is 0 Å². The van der Waals surface area contributed by atoms with E-state index in [9.17, 15) is 18.0 Å². The highest BCUT2D eigenvalue weighted by Gasteiger charge is 2.34. The Labute approximate surface area is 154 Å². The molecule has 144 valence electrons. The molecular weight excluding hydrogens is 359 g/mol. The van der Waals surface area contributed by atoms with E-state index in [1.165, 1.54) is 18.2 Å². The van der Waals surface area contributed by atoms with Crippen molar-refractivity contribution in [1.29, 1.82) is 0 Å². The number of pyridine rings is 1. The summed E-state index contributed by atoms with van der Waals surface area (Å²) < 4.78 is 44.7. The van der Waals surface area contributed by atoms with E-state index in [1.54, 1.807) is 18.5 Å². The Kier molecular flexibility index (Phi) is 5.95. The van der Waals surface area contributed by atoms with Crippen LogP contribution in [-0.4, -0.2) is 24.2 Å². The second-order valence-electron chi connectivity index (χ2n) is 6.36. The summed E-state index contributed by atoms with van der Waals surface area (Å²) in [7, 11) is 0. The summed E-state index contributed by atoms with van der Waals surface area (Å²) >= 11 is 0. The van der Waals surface area contributed by atoms with E-state index >= 15 is 0 Å². The number of hydrogen-bond donors (Lipinski definition) is 2. The fourth-order valence-electron chi connectivity index (χ4n) is 3.22. The Morgan fingerprint density at radius 2 is 1.89 bits per heavy atom. The number of carbonyl (C=O) groups is 1. The molecule has 0 radical (unpaired) electrons. The van der Waals surface area contributed by atoms with Crippen molar-refractivity contribution < 1.29 is 22.7 Å². The number of hydrogen-bond acceptors (Lipinski definition) is 3. The summed E-state index contributed by atoms with van der Waals surface area (Å²) in [5, 5.41) is 5.15. The predicted molar refractivity (Wildman–Crippen MR) is 94.1 cm³/mol. The number of ether oxygens (including phenoxy) is 1. The van der Waals surface area contributed by atoms with Crippen LogP contribution in [0, 0.1) is 5.92 Å². The molecule has 2 aromatic rings. The van der Waals surface area contributed by atoms with Gasteiger partial charge in [-0.1, -0.05) is 18.2 Å². The van der Waals surface area contributed by atoms with Crippen molar-refractivity contribution in [2.24, 2.45) is 5.92 Å². The number of benzene rings is 1. The fourth-order valence-corrected chi connectivity index (χ4v) is 3.22.